The molecule has 0 radical (unpaired) electrons. The van der Waals surface area contributed by atoms with E-state index in [1.165, 1.54) is 5.56 Å². The molecular weight excluding hydrogens is 688 g/mol. The van der Waals surface area contributed by atoms with Gasteiger partial charge in [-0.05, 0) is 91.4 Å². The summed E-state index contributed by atoms with van der Waals surface area (Å²) in [4.78, 5) is 42.5. The number of carbonyl (C=O) groups is 2. The SMILES string of the molecule is Cc1c(C(=O)N(C2=CC3C(C=CN3C)N=C2)c2ccc(O)cc2)cc(-c2cc(Cl)ccc2C(=O)N2Cc3ccccc3C[C@H]2CN2CCOCC2)n1C. The Balaban J connectivity index is 1.17. The molecule has 3 atom stereocenters. The number of morpholine rings is 1. The fraction of sp³-hybridized carbons (Fsp3) is 0.310. The Bertz CT molecular complexity index is 2150. The van der Waals surface area contributed by atoms with Crippen LogP contribution in [0, 0.1) is 6.92 Å². The second-order valence-electron chi connectivity index (χ2n) is 14.3. The molecule has 0 spiro atoms. The van der Waals surface area contributed by atoms with E-state index < -0.39 is 0 Å². The van der Waals surface area contributed by atoms with E-state index in [9.17, 15) is 14.7 Å². The maximum absolute atomic E-state index is 14.9. The van der Waals surface area contributed by atoms with Crippen molar-refractivity contribution in [3.8, 4) is 17.0 Å². The fourth-order valence-corrected chi connectivity index (χ4v) is 8.14. The van der Waals surface area contributed by atoms with Gasteiger partial charge in [-0.1, -0.05) is 35.9 Å². The van der Waals surface area contributed by atoms with Gasteiger partial charge in [0.1, 0.15) is 5.75 Å². The Morgan fingerprint density at radius 3 is 2.51 bits per heavy atom. The predicted octanol–water partition coefficient (Wildman–Crippen LogP) is 6.07. The van der Waals surface area contributed by atoms with Gasteiger partial charge in [-0.3, -0.25) is 24.4 Å². The number of anilines is 1. The van der Waals surface area contributed by atoms with Gasteiger partial charge >= 0.3 is 0 Å². The first-order chi connectivity index (χ1) is 25.7. The number of fused-ring (bicyclic) bond motifs is 2. The smallest absolute Gasteiger partial charge is 0.264 e. The molecule has 1 fully saturated rings. The Morgan fingerprint density at radius 2 is 1.74 bits per heavy atom. The summed E-state index contributed by atoms with van der Waals surface area (Å²) in [7, 11) is 3.90. The van der Waals surface area contributed by atoms with Crippen molar-refractivity contribution in [2.75, 3.05) is 44.8 Å². The molecule has 53 heavy (non-hydrogen) atoms. The van der Waals surface area contributed by atoms with Gasteiger partial charge in [-0.2, -0.15) is 0 Å². The van der Waals surface area contributed by atoms with Gasteiger partial charge in [0.25, 0.3) is 11.8 Å². The standard InChI is InChI=1S/C42H43ClN6O4/c1-27-36(42(52)49(31-9-11-34(50)12-10-31)32-22-40-38(44-24-32)14-15-45(40)2)23-39(46(27)3)37-21-30(43)8-13-35(37)41(51)48-25-29-7-5-4-6-28(29)20-33(48)26-47-16-18-53-19-17-47/h4-15,21-24,33,38,40,50H,16-20,25-26H2,1-3H3/t33-,38?,40?/m0/s1. The third-order valence-corrected chi connectivity index (χ3v) is 11.3. The van der Waals surface area contributed by atoms with Gasteiger partial charge in [0.05, 0.1) is 36.6 Å². The molecule has 2 unspecified atom stereocenters. The van der Waals surface area contributed by atoms with Crippen LogP contribution in [-0.4, -0.2) is 100 Å². The van der Waals surface area contributed by atoms with Crippen LogP contribution in [-0.2, 0) is 24.8 Å². The molecule has 1 N–H and O–H groups in total. The number of halogens is 1. The molecule has 4 aliphatic rings. The van der Waals surface area contributed by atoms with Crippen molar-refractivity contribution in [1.82, 2.24) is 19.3 Å². The van der Waals surface area contributed by atoms with Crippen LogP contribution >= 0.6 is 11.6 Å². The Morgan fingerprint density at radius 1 is 0.981 bits per heavy atom. The molecule has 5 heterocycles. The van der Waals surface area contributed by atoms with Crippen molar-refractivity contribution in [2.24, 2.45) is 12.0 Å². The van der Waals surface area contributed by atoms with E-state index in [-0.39, 0.29) is 35.7 Å². The quantitative estimate of drug-likeness (QED) is 0.248. The van der Waals surface area contributed by atoms with Crippen LogP contribution < -0.4 is 4.90 Å². The fourth-order valence-electron chi connectivity index (χ4n) is 7.96. The minimum atomic E-state index is -0.257. The highest BCUT2D eigenvalue weighted by atomic mass is 35.5. The lowest BCUT2D eigenvalue weighted by Gasteiger charge is -2.40. The largest absolute Gasteiger partial charge is 0.508 e. The van der Waals surface area contributed by atoms with Crippen LogP contribution in [0.15, 0.2) is 102 Å². The number of hydrogen-bond acceptors (Lipinski definition) is 7. The number of ether oxygens (including phenoxy) is 1. The molecule has 0 bridgehead atoms. The number of dihydropyridines is 1. The van der Waals surface area contributed by atoms with Gasteiger partial charge in [-0.25, -0.2) is 0 Å². The summed E-state index contributed by atoms with van der Waals surface area (Å²) in [5.41, 5.74) is 6.75. The lowest BCUT2D eigenvalue weighted by Crippen LogP contribution is -2.52. The third kappa shape index (κ3) is 6.67. The Kier molecular flexibility index (Phi) is 9.44. The van der Waals surface area contributed by atoms with E-state index in [4.69, 9.17) is 21.3 Å². The first kappa shape index (κ1) is 34.9. The number of likely N-dealkylation sites (N-methyl/N-ethyl adjacent to an activating group) is 1. The number of nitrogens with zero attached hydrogens (tertiary/aromatic N) is 6. The summed E-state index contributed by atoms with van der Waals surface area (Å²) < 4.78 is 7.57. The zero-order chi connectivity index (χ0) is 36.8. The number of benzene rings is 3. The summed E-state index contributed by atoms with van der Waals surface area (Å²) >= 11 is 6.66. The van der Waals surface area contributed by atoms with Crippen LogP contribution in [0.3, 0.4) is 0 Å². The molecule has 272 valence electrons. The number of phenolic OH excluding ortho intramolecular Hbond substituents is 1. The molecule has 4 aromatic rings. The van der Waals surface area contributed by atoms with E-state index in [2.05, 4.69) is 34.1 Å². The molecule has 1 aromatic heterocycles. The Labute approximate surface area is 314 Å². The van der Waals surface area contributed by atoms with Gasteiger partial charge in [0.15, 0.2) is 0 Å². The second-order valence-corrected chi connectivity index (χ2v) is 14.7. The van der Waals surface area contributed by atoms with Gasteiger partial charge in [0, 0.05) is 85.8 Å². The molecule has 2 amide bonds. The minimum absolute atomic E-state index is 0.0220. The summed E-state index contributed by atoms with van der Waals surface area (Å²) in [6, 6.07) is 22.1. The average molecular weight is 731 g/mol. The molecule has 0 saturated carbocycles. The van der Waals surface area contributed by atoms with Crippen molar-refractivity contribution >= 4 is 35.3 Å². The van der Waals surface area contributed by atoms with E-state index in [1.807, 2.05) is 67.0 Å². The number of aliphatic imine (C=N–C) groups is 1. The number of aromatic hydroxyl groups is 1. The molecule has 10 nitrogen and oxygen atoms in total. The van der Waals surface area contributed by atoms with E-state index in [0.29, 0.717) is 58.5 Å². The maximum Gasteiger partial charge on any atom is 0.264 e. The predicted molar refractivity (Wildman–Crippen MR) is 208 cm³/mol. The number of allylic oxidation sites excluding steroid dienone is 1. The first-order valence-electron chi connectivity index (χ1n) is 18.1. The number of hydrogen-bond donors (Lipinski definition) is 1. The molecular formula is C42H43ClN6O4. The van der Waals surface area contributed by atoms with E-state index >= 15 is 0 Å². The zero-order valence-corrected chi connectivity index (χ0v) is 30.9. The molecule has 1 saturated heterocycles. The monoisotopic (exact) mass is 730 g/mol. The van der Waals surface area contributed by atoms with Crippen LogP contribution in [0.2, 0.25) is 5.02 Å². The lowest BCUT2D eigenvalue weighted by molar-refractivity contribution is 0.0193. The van der Waals surface area contributed by atoms with Gasteiger partial charge in [0.2, 0.25) is 0 Å². The van der Waals surface area contributed by atoms with Crippen molar-refractivity contribution in [3.05, 3.63) is 130 Å². The number of amides is 2. The lowest BCUT2D eigenvalue weighted by atomic mass is 9.92. The van der Waals surface area contributed by atoms with E-state index in [1.54, 1.807) is 41.4 Å². The van der Waals surface area contributed by atoms with Gasteiger partial charge in [-0.15, -0.1) is 0 Å². The topological polar surface area (TPSA) is 93.8 Å². The number of aromatic nitrogens is 1. The van der Waals surface area contributed by atoms with Crippen LogP contribution in [0.5, 0.6) is 5.75 Å². The minimum Gasteiger partial charge on any atom is -0.508 e. The average Bonchev–Trinajstić information content (AvgIpc) is 3.69. The highest BCUT2D eigenvalue weighted by molar-refractivity contribution is 6.31. The molecule has 3 aromatic carbocycles. The number of rotatable bonds is 7. The molecule has 11 heteroatoms. The number of carbonyl (C=O) groups excluding carboxylic acids is 2. The van der Waals surface area contributed by atoms with E-state index in [0.717, 1.165) is 37.3 Å². The number of phenols is 1. The van der Waals surface area contributed by atoms with Crippen molar-refractivity contribution in [2.45, 2.75) is 38.0 Å². The summed E-state index contributed by atoms with van der Waals surface area (Å²) in [5.74, 6) is -0.227. The molecule has 8 rings (SSSR count). The zero-order valence-electron chi connectivity index (χ0n) is 30.2. The third-order valence-electron chi connectivity index (χ3n) is 11.1. The van der Waals surface area contributed by atoms with Crippen LogP contribution in [0.4, 0.5) is 5.69 Å². The normalized spacial score (nSPS) is 21.0. The molecule has 0 aliphatic carbocycles. The van der Waals surface area contributed by atoms with Crippen molar-refractivity contribution < 1.29 is 19.4 Å². The van der Waals surface area contributed by atoms with Crippen molar-refractivity contribution in [1.29, 1.82) is 0 Å². The molecule has 4 aliphatic heterocycles. The van der Waals surface area contributed by atoms with Gasteiger partial charge < -0.3 is 24.2 Å². The van der Waals surface area contributed by atoms with Crippen molar-refractivity contribution in [3.63, 3.8) is 0 Å². The summed E-state index contributed by atoms with van der Waals surface area (Å²) in [6.07, 6.45) is 8.62. The first-order valence-corrected chi connectivity index (χ1v) is 18.5. The highest BCUT2D eigenvalue weighted by Gasteiger charge is 2.35. The summed E-state index contributed by atoms with van der Waals surface area (Å²) in [6.45, 7) is 6.23. The van der Waals surface area contributed by atoms with Crippen LogP contribution in [0.25, 0.3) is 11.3 Å². The second kappa shape index (κ2) is 14.3. The summed E-state index contributed by atoms with van der Waals surface area (Å²) in [5, 5.41) is 10.6. The van der Waals surface area contributed by atoms with Crippen LogP contribution in [0.1, 0.15) is 37.5 Å². The maximum atomic E-state index is 14.9. The highest BCUT2D eigenvalue weighted by Crippen LogP contribution is 2.36. The Hall–Kier alpha value is -5.16.